The number of amides is 1. The summed E-state index contributed by atoms with van der Waals surface area (Å²) < 4.78 is 27.0. The molecule has 3 aromatic rings. The second-order valence-electron chi connectivity index (χ2n) is 6.90. The highest BCUT2D eigenvalue weighted by molar-refractivity contribution is 7.07. The van der Waals surface area contributed by atoms with Crippen LogP contribution in [0.3, 0.4) is 0 Å². The first kappa shape index (κ1) is 18.8. The molecule has 144 valence electrons. The largest absolute Gasteiger partial charge is 0.350 e. The lowest BCUT2D eigenvalue weighted by molar-refractivity contribution is 0.0924. The van der Waals surface area contributed by atoms with Gasteiger partial charge in [0.25, 0.3) is 5.91 Å². The molecule has 1 unspecified atom stereocenters. The van der Waals surface area contributed by atoms with E-state index in [4.69, 9.17) is 0 Å². The van der Waals surface area contributed by atoms with Crippen molar-refractivity contribution >= 4 is 17.2 Å². The number of thiophene rings is 1. The molecule has 0 spiro atoms. The van der Waals surface area contributed by atoms with Crippen LogP contribution in [0.4, 0.5) is 8.78 Å². The van der Waals surface area contributed by atoms with E-state index in [1.54, 1.807) is 11.3 Å². The summed E-state index contributed by atoms with van der Waals surface area (Å²) >= 11 is 1.61. The Kier molecular flexibility index (Phi) is 5.50. The first-order valence-electron chi connectivity index (χ1n) is 9.18. The van der Waals surface area contributed by atoms with E-state index in [0.717, 1.165) is 37.2 Å². The number of halogens is 2. The topological polar surface area (TPSA) is 32.3 Å². The highest BCUT2D eigenvalue weighted by atomic mass is 32.1. The van der Waals surface area contributed by atoms with Gasteiger partial charge in [0.05, 0.1) is 11.6 Å². The molecule has 28 heavy (non-hydrogen) atoms. The zero-order chi connectivity index (χ0) is 19.5. The molecule has 1 atom stereocenters. The molecule has 2 heterocycles. The Morgan fingerprint density at radius 3 is 2.71 bits per heavy atom. The van der Waals surface area contributed by atoms with Gasteiger partial charge < -0.3 is 5.32 Å². The van der Waals surface area contributed by atoms with E-state index in [1.165, 1.54) is 17.2 Å². The zero-order valence-electron chi connectivity index (χ0n) is 15.2. The van der Waals surface area contributed by atoms with Crippen molar-refractivity contribution in [3.05, 3.63) is 93.2 Å². The van der Waals surface area contributed by atoms with Crippen LogP contribution in [-0.4, -0.2) is 23.9 Å². The maximum atomic E-state index is 13.9. The molecule has 1 aromatic heterocycles. The Morgan fingerprint density at radius 1 is 1.14 bits per heavy atom. The Labute approximate surface area is 166 Å². The second-order valence-corrected chi connectivity index (χ2v) is 7.68. The highest BCUT2D eigenvalue weighted by Crippen LogP contribution is 2.28. The van der Waals surface area contributed by atoms with Crippen LogP contribution in [0, 0.1) is 11.6 Å². The normalized spacial score (nSPS) is 15.1. The lowest BCUT2D eigenvalue weighted by atomic mass is 9.97. The molecule has 4 rings (SSSR count). The van der Waals surface area contributed by atoms with Crippen LogP contribution in [0.15, 0.2) is 59.3 Å². The van der Waals surface area contributed by atoms with Gasteiger partial charge in [0.1, 0.15) is 11.6 Å². The Morgan fingerprint density at radius 2 is 1.96 bits per heavy atom. The second kappa shape index (κ2) is 8.20. The smallest absolute Gasteiger partial charge is 0.254 e. The average molecular weight is 398 g/mol. The molecule has 2 aromatic carbocycles. The van der Waals surface area contributed by atoms with Crippen molar-refractivity contribution in [2.24, 2.45) is 0 Å². The van der Waals surface area contributed by atoms with Gasteiger partial charge in [-0.3, -0.25) is 9.69 Å². The molecule has 0 bridgehead atoms. The van der Waals surface area contributed by atoms with Gasteiger partial charge in [-0.05, 0) is 52.1 Å². The number of rotatable bonds is 5. The third-order valence-corrected chi connectivity index (χ3v) is 5.86. The van der Waals surface area contributed by atoms with E-state index < -0.39 is 17.5 Å². The zero-order valence-corrected chi connectivity index (χ0v) is 16.0. The van der Waals surface area contributed by atoms with E-state index in [9.17, 15) is 13.6 Å². The molecule has 1 amide bonds. The minimum Gasteiger partial charge on any atom is -0.350 e. The van der Waals surface area contributed by atoms with E-state index in [1.807, 2.05) is 11.4 Å². The number of benzene rings is 2. The SMILES string of the molecule is O=C(NCC(c1ccsc1)N1CCc2ccccc2C1)c1ccc(F)cc1F. The third kappa shape index (κ3) is 3.98. The molecule has 1 aliphatic rings. The van der Waals surface area contributed by atoms with Gasteiger partial charge in [-0.15, -0.1) is 0 Å². The van der Waals surface area contributed by atoms with Gasteiger partial charge in [-0.25, -0.2) is 8.78 Å². The maximum Gasteiger partial charge on any atom is 0.254 e. The molecule has 3 nitrogen and oxygen atoms in total. The van der Waals surface area contributed by atoms with Crippen molar-refractivity contribution in [1.29, 1.82) is 0 Å². The van der Waals surface area contributed by atoms with Gasteiger partial charge in [0.2, 0.25) is 0 Å². The number of hydrogen-bond acceptors (Lipinski definition) is 3. The fraction of sp³-hybridized carbons (Fsp3) is 0.227. The lowest BCUT2D eigenvalue weighted by Crippen LogP contribution is -2.40. The summed E-state index contributed by atoms with van der Waals surface area (Å²) in [7, 11) is 0. The van der Waals surface area contributed by atoms with Crippen molar-refractivity contribution < 1.29 is 13.6 Å². The van der Waals surface area contributed by atoms with Crippen molar-refractivity contribution in [1.82, 2.24) is 10.2 Å². The molecule has 0 aliphatic carbocycles. The minimum atomic E-state index is -0.850. The first-order valence-corrected chi connectivity index (χ1v) is 10.1. The van der Waals surface area contributed by atoms with Crippen LogP contribution in [0.25, 0.3) is 0 Å². The van der Waals surface area contributed by atoms with Crippen LogP contribution in [0.1, 0.15) is 33.1 Å². The van der Waals surface area contributed by atoms with Crippen molar-refractivity contribution in [2.45, 2.75) is 19.0 Å². The van der Waals surface area contributed by atoms with Crippen LogP contribution in [0.5, 0.6) is 0 Å². The van der Waals surface area contributed by atoms with Gasteiger partial charge in [-0.2, -0.15) is 11.3 Å². The van der Waals surface area contributed by atoms with Gasteiger partial charge in [0.15, 0.2) is 0 Å². The number of fused-ring (bicyclic) bond motifs is 1. The van der Waals surface area contributed by atoms with E-state index in [2.05, 4.69) is 39.9 Å². The quantitative estimate of drug-likeness (QED) is 0.684. The average Bonchev–Trinajstić information content (AvgIpc) is 3.22. The van der Waals surface area contributed by atoms with Crippen molar-refractivity contribution in [2.75, 3.05) is 13.1 Å². The molecule has 0 fully saturated rings. The molecular weight excluding hydrogens is 378 g/mol. The van der Waals surface area contributed by atoms with Crippen molar-refractivity contribution in [3.8, 4) is 0 Å². The third-order valence-electron chi connectivity index (χ3n) is 5.16. The number of nitrogens with one attached hydrogen (secondary N) is 1. The molecule has 6 heteroatoms. The molecular formula is C22H20F2N2OS. The fourth-order valence-electron chi connectivity index (χ4n) is 3.66. The summed E-state index contributed by atoms with van der Waals surface area (Å²) in [4.78, 5) is 14.8. The predicted octanol–water partition coefficient (Wildman–Crippen LogP) is 4.56. The van der Waals surface area contributed by atoms with Crippen LogP contribution in [-0.2, 0) is 13.0 Å². The monoisotopic (exact) mass is 398 g/mol. The van der Waals surface area contributed by atoms with Crippen LogP contribution < -0.4 is 5.32 Å². The summed E-state index contributed by atoms with van der Waals surface area (Å²) in [5, 5.41) is 6.93. The lowest BCUT2D eigenvalue weighted by Gasteiger charge is -2.35. The van der Waals surface area contributed by atoms with E-state index in [0.29, 0.717) is 6.54 Å². The summed E-state index contributed by atoms with van der Waals surface area (Å²) in [5.41, 5.74) is 3.64. The standard InChI is InChI=1S/C22H20F2N2OS/c23-18-5-6-19(20(24)11-18)22(27)25-12-21(17-8-10-28-14-17)26-9-7-15-3-1-2-4-16(15)13-26/h1-6,8,10-11,14,21H,7,9,12-13H2,(H,25,27). The first-order chi connectivity index (χ1) is 13.6. The Balaban J connectivity index is 1.51. The fourth-order valence-corrected chi connectivity index (χ4v) is 4.37. The molecule has 0 radical (unpaired) electrons. The van der Waals surface area contributed by atoms with E-state index >= 15 is 0 Å². The number of carbonyl (C=O) groups is 1. The maximum absolute atomic E-state index is 13.9. The summed E-state index contributed by atoms with van der Waals surface area (Å²) in [6.45, 7) is 2.05. The van der Waals surface area contributed by atoms with Gasteiger partial charge in [0, 0.05) is 25.7 Å². The number of carbonyl (C=O) groups excluding carboxylic acids is 1. The molecule has 1 N–H and O–H groups in total. The predicted molar refractivity (Wildman–Crippen MR) is 106 cm³/mol. The molecule has 1 aliphatic heterocycles. The Hall–Kier alpha value is -2.57. The van der Waals surface area contributed by atoms with Crippen LogP contribution in [0.2, 0.25) is 0 Å². The highest BCUT2D eigenvalue weighted by Gasteiger charge is 2.26. The Bertz CT molecular complexity index is 974. The summed E-state index contributed by atoms with van der Waals surface area (Å²) in [5.74, 6) is -2.08. The van der Waals surface area contributed by atoms with Gasteiger partial charge >= 0.3 is 0 Å². The molecule has 0 saturated carbocycles. The van der Waals surface area contributed by atoms with Crippen molar-refractivity contribution in [3.63, 3.8) is 0 Å². The summed E-state index contributed by atoms with van der Waals surface area (Å²) in [6.07, 6.45) is 0.956. The number of hydrogen-bond donors (Lipinski definition) is 1. The minimum absolute atomic E-state index is 0.00735. The summed E-state index contributed by atoms with van der Waals surface area (Å²) in [6, 6.07) is 13.4. The number of nitrogens with zero attached hydrogens (tertiary/aromatic N) is 1. The van der Waals surface area contributed by atoms with Crippen LogP contribution >= 0.6 is 11.3 Å². The van der Waals surface area contributed by atoms with Gasteiger partial charge in [-0.1, -0.05) is 24.3 Å². The van der Waals surface area contributed by atoms with E-state index in [-0.39, 0.29) is 11.6 Å². The molecule has 0 saturated heterocycles.